The van der Waals surface area contributed by atoms with Crippen LogP contribution in [0.1, 0.15) is 29.8 Å². The first-order valence-corrected chi connectivity index (χ1v) is 7.13. The SMILES string of the molecule is CC(C)C(=O)Nc1ccc(C(=O)Oc2ccccc2C#N)cc1. The number of anilines is 1. The molecule has 0 unspecified atom stereocenters. The molecule has 0 aromatic heterocycles. The third kappa shape index (κ3) is 4.17. The highest BCUT2D eigenvalue weighted by Crippen LogP contribution is 2.19. The van der Waals surface area contributed by atoms with Gasteiger partial charge in [-0.1, -0.05) is 26.0 Å². The summed E-state index contributed by atoms with van der Waals surface area (Å²) in [4.78, 5) is 23.7. The van der Waals surface area contributed by atoms with E-state index in [1.54, 1.807) is 62.4 Å². The Morgan fingerprint density at radius 2 is 1.74 bits per heavy atom. The van der Waals surface area contributed by atoms with E-state index >= 15 is 0 Å². The van der Waals surface area contributed by atoms with Crippen molar-refractivity contribution in [1.82, 2.24) is 0 Å². The maximum atomic E-state index is 12.1. The summed E-state index contributed by atoms with van der Waals surface area (Å²) in [5.41, 5.74) is 1.24. The van der Waals surface area contributed by atoms with Gasteiger partial charge in [0.1, 0.15) is 11.8 Å². The first-order chi connectivity index (χ1) is 11.0. The summed E-state index contributed by atoms with van der Waals surface area (Å²) in [5.74, 6) is -0.558. The zero-order valence-electron chi connectivity index (χ0n) is 12.9. The molecule has 2 aromatic carbocycles. The average Bonchev–Trinajstić information content (AvgIpc) is 2.55. The number of esters is 1. The summed E-state index contributed by atoms with van der Waals surface area (Å²) < 4.78 is 5.23. The van der Waals surface area contributed by atoms with Crippen LogP contribution in [-0.2, 0) is 4.79 Å². The Labute approximate surface area is 134 Å². The molecule has 1 N–H and O–H groups in total. The number of hydrogen-bond donors (Lipinski definition) is 1. The molecule has 0 aliphatic rings. The number of nitrogens with one attached hydrogen (secondary N) is 1. The minimum absolute atomic E-state index is 0.0942. The highest BCUT2D eigenvalue weighted by Gasteiger charge is 2.12. The first kappa shape index (κ1) is 16.2. The molecule has 0 saturated heterocycles. The molecule has 5 nitrogen and oxygen atoms in total. The van der Waals surface area contributed by atoms with Crippen LogP contribution in [0.3, 0.4) is 0 Å². The molecular formula is C18H16N2O3. The number of para-hydroxylation sites is 1. The van der Waals surface area contributed by atoms with E-state index in [9.17, 15) is 9.59 Å². The van der Waals surface area contributed by atoms with Crippen LogP contribution in [0.15, 0.2) is 48.5 Å². The standard InChI is InChI=1S/C18H16N2O3/c1-12(2)17(21)20-15-9-7-13(8-10-15)18(22)23-16-6-4-3-5-14(16)11-19/h3-10,12H,1-2H3,(H,20,21). The second-order valence-corrected chi connectivity index (χ2v) is 5.22. The number of carbonyl (C=O) groups is 2. The van der Waals surface area contributed by atoms with Gasteiger partial charge in [-0.3, -0.25) is 4.79 Å². The number of amides is 1. The number of ether oxygens (including phenoxy) is 1. The Morgan fingerprint density at radius 3 is 2.35 bits per heavy atom. The van der Waals surface area contributed by atoms with Crippen LogP contribution in [0.25, 0.3) is 0 Å². The van der Waals surface area contributed by atoms with E-state index in [0.717, 1.165) is 0 Å². The van der Waals surface area contributed by atoms with E-state index in [-0.39, 0.29) is 17.6 Å². The van der Waals surface area contributed by atoms with E-state index < -0.39 is 5.97 Å². The predicted molar refractivity (Wildman–Crippen MR) is 86.0 cm³/mol. The van der Waals surface area contributed by atoms with Crippen LogP contribution in [0.4, 0.5) is 5.69 Å². The largest absolute Gasteiger partial charge is 0.422 e. The van der Waals surface area contributed by atoms with Gasteiger partial charge in [-0.15, -0.1) is 0 Å². The van der Waals surface area contributed by atoms with E-state index in [1.807, 2.05) is 6.07 Å². The Bertz CT molecular complexity index is 759. The van der Waals surface area contributed by atoms with Gasteiger partial charge >= 0.3 is 5.97 Å². The molecule has 2 rings (SSSR count). The molecule has 1 amide bonds. The van der Waals surface area contributed by atoms with Gasteiger partial charge in [0.2, 0.25) is 5.91 Å². The van der Waals surface area contributed by atoms with Gasteiger partial charge < -0.3 is 10.1 Å². The van der Waals surface area contributed by atoms with Crippen molar-refractivity contribution in [2.24, 2.45) is 5.92 Å². The van der Waals surface area contributed by atoms with Crippen molar-refractivity contribution in [2.45, 2.75) is 13.8 Å². The van der Waals surface area contributed by atoms with Crippen molar-refractivity contribution in [2.75, 3.05) is 5.32 Å². The summed E-state index contributed by atoms with van der Waals surface area (Å²) in [5, 5.41) is 11.7. The van der Waals surface area contributed by atoms with Crippen molar-refractivity contribution >= 4 is 17.6 Å². The van der Waals surface area contributed by atoms with E-state index in [0.29, 0.717) is 16.8 Å². The molecule has 0 heterocycles. The summed E-state index contributed by atoms with van der Waals surface area (Å²) in [7, 11) is 0. The molecule has 2 aromatic rings. The van der Waals surface area contributed by atoms with Gasteiger partial charge in [0.05, 0.1) is 11.1 Å². The van der Waals surface area contributed by atoms with Crippen LogP contribution in [0.2, 0.25) is 0 Å². The van der Waals surface area contributed by atoms with Crippen LogP contribution in [-0.4, -0.2) is 11.9 Å². The Kier molecular flexibility index (Phi) is 5.11. The number of rotatable bonds is 4. The number of hydrogen-bond acceptors (Lipinski definition) is 4. The second-order valence-electron chi connectivity index (χ2n) is 5.22. The topological polar surface area (TPSA) is 79.2 Å². The summed E-state index contributed by atoms with van der Waals surface area (Å²) in [6.45, 7) is 3.60. The molecule has 0 atom stereocenters. The molecule has 0 fully saturated rings. The second kappa shape index (κ2) is 7.23. The zero-order valence-corrected chi connectivity index (χ0v) is 12.9. The minimum atomic E-state index is -0.561. The fourth-order valence-corrected chi connectivity index (χ4v) is 1.78. The fraction of sp³-hybridized carbons (Fsp3) is 0.167. The van der Waals surface area contributed by atoms with Crippen LogP contribution >= 0.6 is 0 Å². The summed E-state index contributed by atoms with van der Waals surface area (Å²) in [6, 6.07) is 14.9. The van der Waals surface area contributed by atoms with Gasteiger partial charge in [0, 0.05) is 11.6 Å². The summed E-state index contributed by atoms with van der Waals surface area (Å²) in [6.07, 6.45) is 0. The quantitative estimate of drug-likeness (QED) is 0.693. The van der Waals surface area contributed by atoms with Crippen molar-refractivity contribution in [3.63, 3.8) is 0 Å². The molecule has 0 spiro atoms. The maximum absolute atomic E-state index is 12.1. The van der Waals surface area contributed by atoms with E-state index in [2.05, 4.69) is 5.32 Å². The van der Waals surface area contributed by atoms with Gasteiger partial charge in [0.25, 0.3) is 0 Å². The number of nitrogens with zero attached hydrogens (tertiary/aromatic N) is 1. The summed E-state index contributed by atoms with van der Waals surface area (Å²) >= 11 is 0. The lowest BCUT2D eigenvalue weighted by molar-refractivity contribution is -0.118. The first-order valence-electron chi connectivity index (χ1n) is 7.13. The lowest BCUT2D eigenvalue weighted by Gasteiger charge is -2.09. The van der Waals surface area contributed by atoms with Crippen molar-refractivity contribution in [3.8, 4) is 11.8 Å². The lowest BCUT2D eigenvalue weighted by atomic mass is 10.1. The average molecular weight is 308 g/mol. The molecule has 116 valence electrons. The van der Waals surface area contributed by atoms with Crippen molar-refractivity contribution in [3.05, 3.63) is 59.7 Å². The monoisotopic (exact) mass is 308 g/mol. The molecule has 5 heteroatoms. The highest BCUT2D eigenvalue weighted by molar-refractivity contribution is 5.94. The lowest BCUT2D eigenvalue weighted by Crippen LogP contribution is -2.17. The van der Waals surface area contributed by atoms with Crippen LogP contribution in [0, 0.1) is 17.2 Å². The third-order valence-corrected chi connectivity index (χ3v) is 3.12. The zero-order chi connectivity index (χ0) is 16.8. The normalized spacial score (nSPS) is 10.0. The third-order valence-electron chi connectivity index (χ3n) is 3.12. The minimum Gasteiger partial charge on any atom is -0.422 e. The number of nitriles is 1. The Balaban J connectivity index is 2.09. The van der Waals surface area contributed by atoms with Gasteiger partial charge in [-0.05, 0) is 36.4 Å². The van der Waals surface area contributed by atoms with E-state index in [1.165, 1.54) is 0 Å². The molecule has 0 radical (unpaired) electrons. The van der Waals surface area contributed by atoms with Gasteiger partial charge in [-0.25, -0.2) is 4.79 Å². The smallest absolute Gasteiger partial charge is 0.343 e. The number of benzene rings is 2. The van der Waals surface area contributed by atoms with Crippen LogP contribution < -0.4 is 10.1 Å². The van der Waals surface area contributed by atoms with Gasteiger partial charge in [0.15, 0.2) is 0 Å². The predicted octanol–water partition coefficient (Wildman–Crippen LogP) is 3.37. The molecular weight excluding hydrogens is 292 g/mol. The molecule has 0 aliphatic heterocycles. The maximum Gasteiger partial charge on any atom is 0.343 e. The fourth-order valence-electron chi connectivity index (χ4n) is 1.78. The van der Waals surface area contributed by atoms with Gasteiger partial charge in [-0.2, -0.15) is 5.26 Å². The van der Waals surface area contributed by atoms with Crippen molar-refractivity contribution < 1.29 is 14.3 Å². The van der Waals surface area contributed by atoms with Crippen molar-refractivity contribution in [1.29, 1.82) is 5.26 Å². The van der Waals surface area contributed by atoms with E-state index in [4.69, 9.17) is 10.00 Å². The number of carbonyl (C=O) groups excluding carboxylic acids is 2. The molecule has 0 aliphatic carbocycles. The highest BCUT2D eigenvalue weighted by atomic mass is 16.5. The molecule has 23 heavy (non-hydrogen) atoms. The molecule has 0 bridgehead atoms. The Morgan fingerprint density at radius 1 is 1.09 bits per heavy atom. The molecule has 0 saturated carbocycles. The van der Waals surface area contributed by atoms with Crippen LogP contribution in [0.5, 0.6) is 5.75 Å². The Hall–Kier alpha value is -3.13.